The fourth-order valence-corrected chi connectivity index (χ4v) is 2.01. The summed E-state index contributed by atoms with van der Waals surface area (Å²) < 4.78 is 18.0. The molecule has 2 rings (SSSR count). The molecule has 0 radical (unpaired) electrons. The van der Waals surface area contributed by atoms with Crippen LogP contribution in [0.15, 0.2) is 27.4 Å². The Kier molecular flexibility index (Phi) is 4.21. The van der Waals surface area contributed by atoms with Gasteiger partial charge in [-0.15, -0.1) is 0 Å². The number of carbonyl (C=O) groups is 1. The Labute approximate surface area is 119 Å². The highest BCUT2D eigenvalue weighted by Crippen LogP contribution is 2.22. The molecule has 112 valence electrons. The van der Waals surface area contributed by atoms with E-state index in [4.69, 9.17) is 4.42 Å². The van der Waals surface area contributed by atoms with E-state index in [-0.39, 0.29) is 17.3 Å². The predicted molar refractivity (Wildman–Crippen MR) is 74.7 cm³/mol. The largest absolute Gasteiger partial charge is 0.480 e. The van der Waals surface area contributed by atoms with Gasteiger partial charge in [0.05, 0.1) is 5.39 Å². The van der Waals surface area contributed by atoms with Crippen LogP contribution in [0.3, 0.4) is 0 Å². The first-order valence-corrected chi connectivity index (χ1v) is 6.46. The van der Waals surface area contributed by atoms with Gasteiger partial charge >= 0.3 is 11.7 Å². The molecule has 0 amide bonds. The minimum absolute atomic E-state index is 0.0196. The molecule has 0 aliphatic rings. The number of carboxylic acid groups (broad SMARTS) is 1. The zero-order chi connectivity index (χ0) is 15.6. The van der Waals surface area contributed by atoms with E-state index in [0.29, 0.717) is 11.8 Å². The summed E-state index contributed by atoms with van der Waals surface area (Å²) >= 11 is 0. The second kappa shape index (κ2) is 5.90. The number of aliphatic carboxylic acids is 1. The summed E-state index contributed by atoms with van der Waals surface area (Å²) in [7, 11) is 0. The van der Waals surface area contributed by atoms with E-state index in [1.807, 2.05) is 13.8 Å². The molecule has 1 heterocycles. The molecular formula is C14H15FN2O4. The van der Waals surface area contributed by atoms with Crippen molar-refractivity contribution in [3.63, 3.8) is 0 Å². The maximum atomic E-state index is 13.2. The first-order chi connectivity index (χ1) is 9.86. The van der Waals surface area contributed by atoms with Gasteiger partial charge in [0.2, 0.25) is 0 Å². The Morgan fingerprint density at radius 3 is 2.81 bits per heavy atom. The van der Waals surface area contributed by atoms with E-state index in [2.05, 4.69) is 10.3 Å². The molecule has 1 atom stereocenters. The molecule has 0 spiro atoms. The molecule has 0 saturated carbocycles. The van der Waals surface area contributed by atoms with E-state index in [0.717, 1.165) is 6.07 Å². The van der Waals surface area contributed by atoms with Crippen molar-refractivity contribution in [1.29, 1.82) is 0 Å². The van der Waals surface area contributed by atoms with Gasteiger partial charge in [-0.3, -0.25) is 0 Å². The highest BCUT2D eigenvalue weighted by Gasteiger charge is 2.21. The van der Waals surface area contributed by atoms with Gasteiger partial charge in [-0.2, -0.15) is 4.98 Å². The Balaban J connectivity index is 2.45. The van der Waals surface area contributed by atoms with Crippen molar-refractivity contribution >= 4 is 22.8 Å². The Hall–Kier alpha value is -2.44. The number of hydrogen-bond donors (Lipinski definition) is 2. The van der Waals surface area contributed by atoms with Crippen LogP contribution in [0.4, 0.5) is 10.2 Å². The molecule has 1 aromatic heterocycles. The maximum absolute atomic E-state index is 13.2. The van der Waals surface area contributed by atoms with Crippen LogP contribution in [0.2, 0.25) is 0 Å². The van der Waals surface area contributed by atoms with Crippen molar-refractivity contribution < 1.29 is 18.7 Å². The zero-order valence-corrected chi connectivity index (χ0v) is 11.6. The van der Waals surface area contributed by atoms with E-state index in [9.17, 15) is 19.1 Å². The lowest BCUT2D eigenvalue weighted by molar-refractivity contribution is -0.138. The second-order valence-electron chi connectivity index (χ2n) is 5.13. The summed E-state index contributed by atoms with van der Waals surface area (Å²) in [5.74, 6) is -2.30. The van der Waals surface area contributed by atoms with Gasteiger partial charge < -0.3 is 14.8 Å². The van der Waals surface area contributed by atoms with Crippen molar-refractivity contribution in [2.24, 2.45) is 5.92 Å². The van der Waals surface area contributed by atoms with Gasteiger partial charge in [0.15, 0.2) is 0 Å². The van der Waals surface area contributed by atoms with Crippen LogP contribution < -0.4 is 11.1 Å². The average Bonchev–Trinajstić information content (AvgIpc) is 2.36. The minimum atomic E-state index is -1.05. The SMILES string of the molecule is CC(C)CC(Nc1nc(=O)oc2cc(F)ccc12)C(=O)O. The molecule has 7 heteroatoms. The third-order valence-electron chi connectivity index (χ3n) is 2.92. The van der Waals surface area contributed by atoms with Gasteiger partial charge in [0.25, 0.3) is 0 Å². The molecule has 0 fully saturated rings. The average molecular weight is 294 g/mol. The van der Waals surface area contributed by atoms with E-state index in [1.54, 1.807) is 0 Å². The highest BCUT2D eigenvalue weighted by atomic mass is 19.1. The number of benzene rings is 1. The van der Waals surface area contributed by atoms with E-state index < -0.39 is 23.6 Å². The van der Waals surface area contributed by atoms with Crippen LogP contribution in [0, 0.1) is 11.7 Å². The molecule has 0 saturated heterocycles. The summed E-state index contributed by atoms with van der Waals surface area (Å²) in [4.78, 5) is 26.3. The van der Waals surface area contributed by atoms with Crippen molar-refractivity contribution in [1.82, 2.24) is 4.98 Å². The van der Waals surface area contributed by atoms with Crippen LogP contribution in [0.25, 0.3) is 11.0 Å². The lowest BCUT2D eigenvalue weighted by atomic mass is 10.0. The molecule has 21 heavy (non-hydrogen) atoms. The molecule has 0 aliphatic carbocycles. The fraction of sp³-hybridized carbons (Fsp3) is 0.357. The quantitative estimate of drug-likeness (QED) is 0.878. The van der Waals surface area contributed by atoms with Crippen LogP contribution in [-0.4, -0.2) is 22.1 Å². The highest BCUT2D eigenvalue weighted by molar-refractivity contribution is 5.89. The molecule has 1 aromatic carbocycles. The number of anilines is 1. The number of halogens is 1. The molecule has 2 N–H and O–H groups in total. The van der Waals surface area contributed by atoms with E-state index >= 15 is 0 Å². The van der Waals surface area contributed by atoms with Gasteiger partial charge in [-0.05, 0) is 24.5 Å². The summed E-state index contributed by atoms with van der Waals surface area (Å²) in [5, 5.41) is 12.3. The van der Waals surface area contributed by atoms with Crippen LogP contribution in [0.1, 0.15) is 20.3 Å². The predicted octanol–water partition coefficient (Wildman–Crippen LogP) is 2.24. The Morgan fingerprint density at radius 2 is 2.19 bits per heavy atom. The molecule has 0 aliphatic heterocycles. The van der Waals surface area contributed by atoms with Crippen LogP contribution in [-0.2, 0) is 4.79 Å². The zero-order valence-electron chi connectivity index (χ0n) is 11.6. The molecule has 6 nitrogen and oxygen atoms in total. The molecule has 1 unspecified atom stereocenters. The standard InChI is InChI=1S/C14H15FN2O4/c1-7(2)5-10(13(18)19)16-12-9-4-3-8(15)6-11(9)21-14(20)17-12/h3-4,6-7,10H,5H2,1-2H3,(H,18,19)(H,16,17,20). The van der Waals surface area contributed by atoms with Gasteiger partial charge in [-0.25, -0.2) is 14.0 Å². The first kappa shape index (κ1) is 15.0. The molecule has 2 aromatic rings. The topological polar surface area (TPSA) is 92.4 Å². The van der Waals surface area contributed by atoms with Crippen molar-refractivity contribution in [2.75, 3.05) is 5.32 Å². The minimum Gasteiger partial charge on any atom is -0.480 e. The first-order valence-electron chi connectivity index (χ1n) is 6.46. The number of fused-ring (bicyclic) bond motifs is 1. The van der Waals surface area contributed by atoms with Crippen LogP contribution in [0.5, 0.6) is 0 Å². The number of carboxylic acids is 1. The van der Waals surface area contributed by atoms with E-state index in [1.165, 1.54) is 12.1 Å². The number of hydrogen-bond acceptors (Lipinski definition) is 5. The van der Waals surface area contributed by atoms with Gasteiger partial charge in [-0.1, -0.05) is 13.8 Å². The Morgan fingerprint density at radius 1 is 1.48 bits per heavy atom. The summed E-state index contributed by atoms with van der Waals surface area (Å²) in [6.45, 7) is 3.77. The third-order valence-corrected chi connectivity index (χ3v) is 2.92. The summed E-state index contributed by atoms with van der Waals surface area (Å²) in [5.41, 5.74) is 0.0196. The third kappa shape index (κ3) is 3.56. The Bertz CT molecular complexity index is 726. The van der Waals surface area contributed by atoms with Gasteiger partial charge in [0.1, 0.15) is 23.3 Å². The normalized spacial score (nSPS) is 12.6. The van der Waals surface area contributed by atoms with Crippen LogP contribution >= 0.6 is 0 Å². The number of rotatable bonds is 5. The van der Waals surface area contributed by atoms with Crippen molar-refractivity contribution in [3.8, 4) is 0 Å². The van der Waals surface area contributed by atoms with Crippen molar-refractivity contribution in [3.05, 3.63) is 34.6 Å². The fourth-order valence-electron chi connectivity index (χ4n) is 2.01. The lowest BCUT2D eigenvalue weighted by Gasteiger charge is -2.17. The number of aromatic nitrogens is 1. The second-order valence-corrected chi connectivity index (χ2v) is 5.13. The summed E-state index contributed by atoms with van der Waals surface area (Å²) in [6, 6.07) is 2.74. The molecular weight excluding hydrogens is 279 g/mol. The lowest BCUT2D eigenvalue weighted by Crippen LogP contribution is -2.31. The molecule has 0 bridgehead atoms. The number of nitrogens with one attached hydrogen (secondary N) is 1. The summed E-state index contributed by atoms with van der Waals surface area (Å²) in [6.07, 6.45) is 0.361. The van der Waals surface area contributed by atoms with Crippen molar-refractivity contribution in [2.45, 2.75) is 26.3 Å². The monoisotopic (exact) mass is 294 g/mol. The van der Waals surface area contributed by atoms with Gasteiger partial charge in [0, 0.05) is 6.07 Å². The smallest absolute Gasteiger partial charge is 0.441 e. The maximum Gasteiger partial charge on any atom is 0.441 e. The number of nitrogens with zero attached hydrogens (tertiary/aromatic N) is 1.